The third kappa shape index (κ3) is 5.92. The number of nitrogens with zero attached hydrogens (tertiary/aromatic N) is 1. The molecule has 2 aromatic carbocycles. The third-order valence-corrected chi connectivity index (χ3v) is 5.61. The van der Waals surface area contributed by atoms with Crippen LogP contribution in [0, 0.1) is 20.8 Å². The Morgan fingerprint density at radius 1 is 1.06 bits per heavy atom. The van der Waals surface area contributed by atoms with Crippen molar-refractivity contribution in [3.05, 3.63) is 52.1 Å². The van der Waals surface area contributed by atoms with Gasteiger partial charge in [-0.05, 0) is 61.4 Å². The number of anilines is 2. The molecule has 0 aliphatic heterocycles. The number of phenolic OH excluding ortho intramolecular Hbond substituents is 1. The average Bonchev–Trinajstić information content (AvgIpc) is 2.70. The quantitative estimate of drug-likeness (QED) is 0.573. The van der Waals surface area contributed by atoms with Crippen LogP contribution >= 0.6 is 0 Å². The van der Waals surface area contributed by atoms with Crippen LogP contribution in [0.4, 0.5) is 11.4 Å². The van der Waals surface area contributed by atoms with Gasteiger partial charge in [0.2, 0.25) is 17.7 Å². The van der Waals surface area contributed by atoms with Crippen LogP contribution in [0.3, 0.4) is 0 Å². The minimum Gasteiger partial charge on any atom is -0.507 e. The first-order valence-corrected chi connectivity index (χ1v) is 11.1. The third-order valence-electron chi connectivity index (χ3n) is 5.61. The van der Waals surface area contributed by atoms with Gasteiger partial charge in [0.1, 0.15) is 12.3 Å². The van der Waals surface area contributed by atoms with Gasteiger partial charge in [0.05, 0.1) is 5.69 Å². The Kier molecular flexibility index (Phi) is 7.90. The number of amides is 3. The highest BCUT2D eigenvalue weighted by Gasteiger charge is 2.26. The normalized spacial score (nSPS) is 11.2. The molecule has 0 aromatic heterocycles. The number of benzene rings is 2. The first-order chi connectivity index (χ1) is 15.3. The van der Waals surface area contributed by atoms with E-state index in [0.29, 0.717) is 28.9 Å². The molecule has 33 heavy (non-hydrogen) atoms. The molecule has 0 aliphatic rings. The lowest BCUT2D eigenvalue weighted by molar-refractivity contribution is -0.121. The summed E-state index contributed by atoms with van der Waals surface area (Å²) in [4.78, 5) is 39.3. The van der Waals surface area contributed by atoms with E-state index < -0.39 is 11.8 Å². The maximum Gasteiger partial charge on any atom is 0.248 e. The first-order valence-electron chi connectivity index (χ1n) is 11.1. The smallest absolute Gasteiger partial charge is 0.248 e. The molecule has 0 saturated carbocycles. The van der Waals surface area contributed by atoms with Crippen LogP contribution in [0.1, 0.15) is 73.1 Å². The number of aromatic hydroxyl groups is 1. The van der Waals surface area contributed by atoms with Crippen LogP contribution in [0.5, 0.6) is 5.75 Å². The largest absolute Gasteiger partial charge is 0.507 e. The lowest BCUT2D eigenvalue weighted by atomic mass is 9.85. The molecule has 0 fully saturated rings. The van der Waals surface area contributed by atoms with Crippen molar-refractivity contribution in [3.8, 4) is 5.75 Å². The Balaban J connectivity index is 2.47. The van der Waals surface area contributed by atoms with Crippen LogP contribution in [0.2, 0.25) is 0 Å². The summed E-state index contributed by atoms with van der Waals surface area (Å²) in [5.74, 6) is -1.10. The van der Waals surface area contributed by atoms with Gasteiger partial charge in [0.25, 0.3) is 0 Å². The Morgan fingerprint density at radius 2 is 1.70 bits per heavy atom. The van der Waals surface area contributed by atoms with Gasteiger partial charge in [0, 0.05) is 23.2 Å². The zero-order valence-electron chi connectivity index (χ0n) is 20.6. The Labute approximate surface area is 196 Å². The van der Waals surface area contributed by atoms with Gasteiger partial charge in [-0.1, -0.05) is 39.8 Å². The van der Waals surface area contributed by atoms with Crippen molar-refractivity contribution >= 4 is 29.1 Å². The monoisotopic (exact) mass is 453 g/mol. The van der Waals surface area contributed by atoms with E-state index in [1.54, 1.807) is 38.1 Å². The van der Waals surface area contributed by atoms with Gasteiger partial charge in [-0.3, -0.25) is 14.4 Å². The molecule has 0 radical (unpaired) electrons. The van der Waals surface area contributed by atoms with Gasteiger partial charge in [-0.15, -0.1) is 0 Å². The summed E-state index contributed by atoms with van der Waals surface area (Å²) in [7, 11) is 0. The van der Waals surface area contributed by atoms with E-state index in [2.05, 4.69) is 5.32 Å². The number of hydrogen-bond acceptors (Lipinski definition) is 4. The Hall–Kier alpha value is -3.35. The highest BCUT2D eigenvalue weighted by molar-refractivity contribution is 6.04. The molecule has 0 bridgehead atoms. The van der Waals surface area contributed by atoms with Gasteiger partial charge >= 0.3 is 0 Å². The number of carbonyl (C=O) groups is 3. The molecular weight excluding hydrogens is 418 g/mol. The number of hydrogen-bond donors (Lipinski definition) is 3. The highest BCUT2D eigenvalue weighted by atomic mass is 16.3. The summed E-state index contributed by atoms with van der Waals surface area (Å²) in [6.45, 7) is 13.1. The van der Waals surface area contributed by atoms with Crippen molar-refractivity contribution in [2.24, 2.45) is 5.73 Å². The summed E-state index contributed by atoms with van der Waals surface area (Å²) in [5.41, 5.74) is 9.33. The molecular formula is C26H35N3O4. The molecule has 2 aromatic rings. The number of aryl methyl sites for hydroxylation is 2. The maximum atomic E-state index is 13.2. The highest BCUT2D eigenvalue weighted by Crippen LogP contribution is 2.35. The number of nitrogens with one attached hydrogen (secondary N) is 1. The number of phenols is 1. The molecule has 0 aliphatic carbocycles. The molecule has 7 heteroatoms. The molecule has 0 heterocycles. The fraction of sp³-hybridized carbons (Fsp3) is 0.423. The van der Waals surface area contributed by atoms with Crippen molar-refractivity contribution in [1.82, 2.24) is 0 Å². The van der Waals surface area contributed by atoms with Crippen LogP contribution in [-0.4, -0.2) is 29.4 Å². The maximum absolute atomic E-state index is 13.2. The fourth-order valence-electron chi connectivity index (χ4n) is 4.01. The first kappa shape index (κ1) is 25.9. The number of rotatable bonds is 7. The van der Waals surface area contributed by atoms with Gasteiger partial charge in [-0.2, -0.15) is 0 Å². The number of primary amides is 1. The molecule has 0 spiro atoms. The standard InChI is InChI=1S/C26H35N3O4/c1-8-9-22(31)29(23-15(2)12-16(3)24(32)17(23)4)14-21(30)28-20-13-18(25(27)33)10-11-19(20)26(5,6)7/h10-13,32H,8-9,14H2,1-7H3,(H2,27,33)(H,28,30). The van der Waals surface area contributed by atoms with Gasteiger partial charge in [0.15, 0.2) is 0 Å². The van der Waals surface area contributed by atoms with Gasteiger partial charge < -0.3 is 21.1 Å². The minimum absolute atomic E-state index is 0.106. The van der Waals surface area contributed by atoms with Crippen molar-refractivity contribution in [3.63, 3.8) is 0 Å². The summed E-state index contributed by atoms with van der Waals surface area (Å²) < 4.78 is 0. The van der Waals surface area contributed by atoms with E-state index in [4.69, 9.17) is 5.73 Å². The summed E-state index contributed by atoms with van der Waals surface area (Å²) >= 11 is 0. The summed E-state index contributed by atoms with van der Waals surface area (Å²) in [5, 5.41) is 13.3. The molecule has 0 saturated heterocycles. The SMILES string of the molecule is CCCC(=O)N(CC(=O)Nc1cc(C(N)=O)ccc1C(C)(C)C)c1c(C)cc(C)c(O)c1C. The predicted octanol–water partition coefficient (Wildman–Crippen LogP) is 4.49. The van der Waals surface area contributed by atoms with Crippen molar-refractivity contribution < 1.29 is 19.5 Å². The molecule has 0 atom stereocenters. The lowest BCUT2D eigenvalue weighted by Gasteiger charge is -2.28. The predicted molar refractivity (Wildman–Crippen MR) is 132 cm³/mol. The van der Waals surface area contributed by atoms with E-state index >= 15 is 0 Å². The summed E-state index contributed by atoms with van der Waals surface area (Å²) in [6, 6.07) is 6.78. The molecule has 2 rings (SSSR count). The average molecular weight is 454 g/mol. The second-order valence-corrected chi connectivity index (χ2v) is 9.49. The van der Waals surface area contributed by atoms with E-state index in [1.807, 2.05) is 34.6 Å². The van der Waals surface area contributed by atoms with Crippen molar-refractivity contribution in [1.29, 1.82) is 0 Å². The lowest BCUT2D eigenvalue weighted by Crippen LogP contribution is -2.39. The van der Waals surface area contributed by atoms with Crippen molar-refractivity contribution in [2.75, 3.05) is 16.8 Å². The molecule has 178 valence electrons. The summed E-state index contributed by atoms with van der Waals surface area (Å²) in [6.07, 6.45) is 0.896. The molecule has 4 N–H and O–H groups in total. The Bertz CT molecular complexity index is 1080. The van der Waals surface area contributed by atoms with Crippen LogP contribution < -0.4 is 16.0 Å². The Morgan fingerprint density at radius 3 is 2.24 bits per heavy atom. The zero-order valence-corrected chi connectivity index (χ0v) is 20.6. The van der Waals surface area contributed by atoms with Crippen LogP contribution in [0.25, 0.3) is 0 Å². The topological polar surface area (TPSA) is 113 Å². The fourth-order valence-corrected chi connectivity index (χ4v) is 4.01. The molecule has 3 amide bonds. The number of nitrogens with two attached hydrogens (primary N) is 1. The second-order valence-electron chi connectivity index (χ2n) is 9.49. The second kappa shape index (κ2) is 10.1. The minimum atomic E-state index is -0.591. The van der Waals surface area contributed by atoms with E-state index in [0.717, 1.165) is 11.1 Å². The van der Waals surface area contributed by atoms with Crippen LogP contribution in [0.15, 0.2) is 24.3 Å². The molecule has 0 unspecified atom stereocenters. The molecule has 7 nitrogen and oxygen atoms in total. The van der Waals surface area contributed by atoms with Crippen molar-refractivity contribution in [2.45, 2.75) is 66.7 Å². The van der Waals surface area contributed by atoms with E-state index in [-0.39, 0.29) is 35.6 Å². The van der Waals surface area contributed by atoms with Crippen LogP contribution in [-0.2, 0) is 15.0 Å². The van der Waals surface area contributed by atoms with E-state index in [9.17, 15) is 19.5 Å². The van der Waals surface area contributed by atoms with Gasteiger partial charge in [-0.25, -0.2) is 0 Å². The van der Waals surface area contributed by atoms with E-state index in [1.165, 1.54) is 4.90 Å². The number of carbonyl (C=O) groups excluding carboxylic acids is 3. The zero-order chi connectivity index (χ0) is 25.1.